The van der Waals surface area contributed by atoms with Crippen molar-refractivity contribution in [2.24, 2.45) is 7.05 Å². The Bertz CT molecular complexity index is 878. The largest absolute Gasteiger partial charge is 0.467 e. The average molecular weight is 386 g/mol. The highest BCUT2D eigenvalue weighted by molar-refractivity contribution is 7.99. The maximum Gasteiger partial charge on any atom is 0.328 e. The number of hydrogen-bond acceptors (Lipinski definition) is 6. The van der Waals surface area contributed by atoms with Crippen LogP contribution < -0.4 is 0 Å². The summed E-state index contributed by atoms with van der Waals surface area (Å²) in [6.07, 6.45) is 2.79. The summed E-state index contributed by atoms with van der Waals surface area (Å²) in [6, 6.07) is 7.32. The molecule has 8 heteroatoms. The van der Waals surface area contributed by atoms with Crippen LogP contribution in [-0.2, 0) is 34.3 Å². The van der Waals surface area contributed by atoms with E-state index in [1.807, 2.05) is 35.9 Å². The van der Waals surface area contributed by atoms with Crippen LogP contribution >= 0.6 is 11.8 Å². The number of fused-ring (bicyclic) bond motifs is 1. The Morgan fingerprint density at radius 2 is 1.96 bits per heavy atom. The normalized spacial score (nSPS) is 18.9. The number of nitrogens with zero attached hydrogens (tertiary/aromatic N) is 4. The van der Waals surface area contributed by atoms with Crippen molar-refractivity contribution in [2.75, 3.05) is 12.9 Å². The minimum atomic E-state index is -0.584. The summed E-state index contributed by atoms with van der Waals surface area (Å²) in [7, 11) is 3.30. The van der Waals surface area contributed by atoms with Crippen molar-refractivity contribution in [3.63, 3.8) is 0 Å². The number of rotatable bonds is 5. The molecule has 0 saturated heterocycles. The summed E-state index contributed by atoms with van der Waals surface area (Å²) < 4.78 is 6.91. The van der Waals surface area contributed by atoms with Crippen LogP contribution in [0.15, 0.2) is 29.4 Å². The molecular weight excluding hydrogens is 364 g/mol. The molecule has 2 heterocycles. The standard InChI is InChI=1S/C19H22N4O3S/c1-22-17(12-7-8-12)20-21-19(22)27-11-16(24)23-10-14-6-4-3-5-13(14)9-15(23)18(25)26-2/h3-6,12,15H,7-11H2,1-2H3/t15-/m1/s1. The number of benzene rings is 1. The lowest BCUT2D eigenvalue weighted by molar-refractivity contribution is -0.153. The molecule has 1 fully saturated rings. The summed E-state index contributed by atoms with van der Waals surface area (Å²) in [5, 5.41) is 9.19. The zero-order chi connectivity index (χ0) is 19.0. The molecule has 142 valence electrons. The number of hydrogen-bond donors (Lipinski definition) is 0. The third-order valence-electron chi connectivity index (χ3n) is 5.18. The lowest BCUT2D eigenvalue weighted by atomic mass is 9.94. The predicted octanol–water partition coefficient (Wildman–Crippen LogP) is 1.91. The quantitative estimate of drug-likeness (QED) is 0.577. The second-order valence-corrected chi connectivity index (χ2v) is 7.94. The number of carbonyl (C=O) groups excluding carboxylic acids is 2. The fourth-order valence-corrected chi connectivity index (χ4v) is 4.29. The van der Waals surface area contributed by atoms with Gasteiger partial charge in [-0.3, -0.25) is 4.79 Å². The zero-order valence-corrected chi connectivity index (χ0v) is 16.2. The molecule has 1 aliphatic heterocycles. The van der Waals surface area contributed by atoms with E-state index < -0.39 is 6.04 Å². The third-order valence-corrected chi connectivity index (χ3v) is 6.18. The van der Waals surface area contributed by atoms with E-state index in [-0.39, 0.29) is 17.6 Å². The minimum absolute atomic E-state index is 0.0964. The second kappa shape index (κ2) is 7.34. The molecule has 0 radical (unpaired) electrons. The van der Waals surface area contributed by atoms with Gasteiger partial charge in [-0.05, 0) is 24.0 Å². The monoisotopic (exact) mass is 386 g/mol. The number of carbonyl (C=O) groups is 2. The van der Waals surface area contributed by atoms with E-state index in [0.717, 1.165) is 34.9 Å². The highest BCUT2D eigenvalue weighted by atomic mass is 32.2. The first-order valence-electron chi connectivity index (χ1n) is 9.04. The number of esters is 1. The van der Waals surface area contributed by atoms with E-state index in [1.165, 1.54) is 18.9 Å². The first kappa shape index (κ1) is 18.0. The lowest BCUT2D eigenvalue weighted by Gasteiger charge is -2.35. The second-order valence-electron chi connectivity index (χ2n) is 7.00. The van der Waals surface area contributed by atoms with E-state index in [2.05, 4.69) is 10.2 Å². The topological polar surface area (TPSA) is 77.3 Å². The molecule has 1 amide bonds. The van der Waals surface area contributed by atoms with Crippen molar-refractivity contribution in [1.82, 2.24) is 19.7 Å². The number of ether oxygens (including phenoxy) is 1. The molecule has 1 saturated carbocycles. The van der Waals surface area contributed by atoms with E-state index in [9.17, 15) is 9.59 Å². The van der Waals surface area contributed by atoms with Crippen molar-refractivity contribution in [1.29, 1.82) is 0 Å². The molecule has 7 nitrogen and oxygen atoms in total. The average Bonchev–Trinajstić information content (AvgIpc) is 3.47. The van der Waals surface area contributed by atoms with E-state index in [0.29, 0.717) is 18.9 Å². The maximum atomic E-state index is 12.9. The van der Waals surface area contributed by atoms with Crippen LogP contribution in [0.2, 0.25) is 0 Å². The van der Waals surface area contributed by atoms with Crippen molar-refractivity contribution < 1.29 is 14.3 Å². The Kier molecular flexibility index (Phi) is 4.90. The molecule has 0 spiro atoms. The van der Waals surface area contributed by atoms with Crippen molar-refractivity contribution >= 4 is 23.6 Å². The predicted molar refractivity (Wildman–Crippen MR) is 100 cm³/mol. The van der Waals surface area contributed by atoms with Gasteiger partial charge >= 0.3 is 5.97 Å². The van der Waals surface area contributed by atoms with Crippen LogP contribution in [0.25, 0.3) is 0 Å². The van der Waals surface area contributed by atoms with Gasteiger partial charge in [-0.2, -0.15) is 0 Å². The maximum absolute atomic E-state index is 12.9. The molecule has 0 N–H and O–H groups in total. The first-order valence-corrected chi connectivity index (χ1v) is 10.0. The van der Waals surface area contributed by atoms with Crippen LogP contribution in [0.1, 0.15) is 35.7 Å². The van der Waals surface area contributed by atoms with Gasteiger partial charge in [0.05, 0.1) is 12.9 Å². The van der Waals surface area contributed by atoms with Gasteiger partial charge in [-0.25, -0.2) is 4.79 Å². The van der Waals surface area contributed by atoms with E-state index in [1.54, 1.807) is 4.90 Å². The fraction of sp³-hybridized carbons (Fsp3) is 0.474. The number of aromatic nitrogens is 3. The van der Waals surface area contributed by atoms with Crippen LogP contribution in [0.4, 0.5) is 0 Å². The van der Waals surface area contributed by atoms with Gasteiger partial charge in [0.25, 0.3) is 0 Å². The Labute approximate surface area is 162 Å². The summed E-state index contributed by atoms with van der Waals surface area (Å²) in [5.74, 6) is 1.24. The Morgan fingerprint density at radius 3 is 2.67 bits per heavy atom. The zero-order valence-electron chi connectivity index (χ0n) is 15.4. The lowest BCUT2D eigenvalue weighted by Crippen LogP contribution is -2.49. The molecule has 1 aromatic heterocycles. The van der Waals surface area contributed by atoms with Gasteiger partial charge in [0.1, 0.15) is 11.9 Å². The third kappa shape index (κ3) is 3.58. The molecule has 2 aliphatic rings. The fourth-order valence-electron chi connectivity index (χ4n) is 3.49. The number of amides is 1. The number of thioether (sulfide) groups is 1. The van der Waals surface area contributed by atoms with Gasteiger partial charge < -0.3 is 14.2 Å². The van der Waals surface area contributed by atoms with Crippen LogP contribution in [-0.4, -0.2) is 50.4 Å². The van der Waals surface area contributed by atoms with Crippen LogP contribution in [0, 0.1) is 0 Å². The SMILES string of the molecule is COC(=O)[C@H]1Cc2ccccc2CN1C(=O)CSc1nnc(C2CC2)n1C. The van der Waals surface area contributed by atoms with Gasteiger partial charge in [-0.1, -0.05) is 36.0 Å². The molecule has 1 aliphatic carbocycles. The van der Waals surface area contributed by atoms with Gasteiger partial charge in [0.15, 0.2) is 5.16 Å². The van der Waals surface area contributed by atoms with Crippen molar-refractivity contribution in [3.8, 4) is 0 Å². The molecule has 2 aromatic rings. The summed E-state index contributed by atoms with van der Waals surface area (Å²) in [6.45, 7) is 0.418. The molecule has 1 atom stereocenters. The summed E-state index contributed by atoms with van der Waals surface area (Å²) in [5.41, 5.74) is 2.16. The van der Waals surface area contributed by atoms with Crippen LogP contribution in [0.3, 0.4) is 0 Å². The van der Waals surface area contributed by atoms with Gasteiger partial charge in [-0.15, -0.1) is 10.2 Å². The first-order chi connectivity index (χ1) is 13.1. The molecule has 4 rings (SSSR count). The Balaban J connectivity index is 1.48. The number of methoxy groups -OCH3 is 1. The summed E-state index contributed by atoms with van der Waals surface area (Å²) >= 11 is 1.36. The van der Waals surface area contributed by atoms with Crippen molar-refractivity contribution in [2.45, 2.75) is 42.9 Å². The highest BCUT2D eigenvalue weighted by Crippen LogP contribution is 2.39. The molecule has 1 aromatic carbocycles. The Hall–Kier alpha value is -2.35. The molecule has 27 heavy (non-hydrogen) atoms. The van der Waals surface area contributed by atoms with Gasteiger partial charge in [0, 0.05) is 25.9 Å². The Morgan fingerprint density at radius 1 is 1.22 bits per heavy atom. The smallest absolute Gasteiger partial charge is 0.328 e. The van der Waals surface area contributed by atoms with Crippen LogP contribution in [0.5, 0.6) is 0 Å². The molecule has 0 bridgehead atoms. The molecule has 0 unspecified atom stereocenters. The van der Waals surface area contributed by atoms with Crippen molar-refractivity contribution in [3.05, 3.63) is 41.2 Å². The summed E-state index contributed by atoms with van der Waals surface area (Å²) in [4.78, 5) is 26.8. The van der Waals surface area contributed by atoms with Gasteiger partial charge in [0.2, 0.25) is 5.91 Å². The van der Waals surface area contributed by atoms with E-state index in [4.69, 9.17) is 4.74 Å². The van der Waals surface area contributed by atoms with E-state index >= 15 is 0 Å². The highest BCUT2D eigenvalue weighted by Gasteiger charge is 2.35. The minimum Gasteiger partial charge on any atom is -0.467 e. The molecular formula is C19H22N4O3S.